The molecule has 1 N–H and O–H groups in total. The summed E-state index contributed by atoms with van der Waals surface area (Å²) < 4.78 is 5.02. The maximum Gasteiger partial charge on any atom is 0.310 e. The number of nitrogens with one attached hydrogen (secondary N) is 1. The molecule has 0 aliphatic heterocycles. The predicted molar refractivity (Wildman–Crippen MR) is 90.7 cm³/mol. The van der Waals surface area contributed by atoms with Gasteiger partial charge in [-0.05, 0) is 48.7 Å². The second kappa shape index (κ2) is 7.79. The van der Waals surface area contributed by atoms with Crippen LogP contribution in [0.1, 0.15) is 16.7 Å². The lowest BCUT2D eigenvalue weighted by Gasteiger charge is -2.10. The van der Waals surface area contributed by atoms with Crippen molar-refractivity contribution in [2.24, 2.45) is 0 Å². The molecule has 0 saturated carbocycles. The number of esters is 1. The van der Waals surface area contributed by atoms with Gasteiger partial charge in [-0.15, -0.1) is 0 Å². The lowest BCUT2D eigenvalue weighted by molar-refractivity contribution is -0.146. The molecule has 0 aromatic heterocycles. The zero-order chi connectivity index (χ0) is 16.8. The Bertz CT molecular complexity index is 728. The van der Waals surface area contributed by atoms with E-state index in [-0.39, 0.29) is 18.9 Å². The molecule has 0 aliphatic carbocycles. The van der Waals surface area contributed by atoms with Crippen LogP contribution in [-0.4, -0.2) is 18.5 Å². The monoisotopic (exact) mass is 331 g/mol. The Kier molecular flexibility index (Phi) is 5.77. The van der Waals surface area contributed by atoms with Gasteiger partial charge in [0.2, 0.25) is 0 Å². The van der Waals surface area contributed by atoms with E-state index in [1.54, 1.807) is 18.2 Å². The summed E-state index contributed by atoms with van der Waals surface area (Å²) in [7, 11) is 0. The molecule has 2 rings (SSSR count). The average Bonchev–Trinajstić information content (AvgIpc) is 2.50. The van der Waals surface area contributed by atoms with E-state index < -0.39 is 5.97 Å². The van der Waals surface area contributed by atoms with Crippen LogP contribution < -0.4 is 5.32 Å². The van der Waals surface area contributed by atoms with Crippen molar-refractivity contribution in [2.75, 3.05) is 11.9 Å². The van der Waals surface area contributed by atoms with Crippen molar-refractivity contribution >= 4 is 29.2 Å². The van der Waals surface area contributed by atoms with Gasteiger partial charge < -0.3 is 10.1 Å². The Labute approximate surface area is 140 Å². The summed E-state index contributed by atoms with van der Waals surface area (Å²) in [6, 6.07) is 12.7. The highest BCUT2D eigenvalue weighted by Gasteiger charge is 2.11. The van der Waals surface area contributed by atoms with E-state index in [9.17, 15) is 9.59 Å². The van der Waals surface area contributed by atoms with Gasteiger partial charge in [-0.2, -0.15) is 0 Å². The number of carbonyl (C=O) groups is 2. The number of carbonyl (C=O) groups excluding carboxylic acids is 2. The van der Waals surface area contributed by atoms with Crippen molar-refractivity contribution in [3.8, 4) is 0 Å². The van der Waals surface area contributed by atoms with Crippen molar-refractivity contribution in [3.05, 3.63) is 64.2 Å². The smallest absolute Gasteiger partial charge is 0.310 e. The molecule has 0 heterocycles. The van der Waals surface area contributed by atoms with Crippen molar-refractivity contribution in [1.29, 1.82) is 0 Å². The Morgan fingerprint density at radius 2 is 1.83 bits per heavy atom. The minimum Gasteiger partial charge on any atom is -0.455 e. The van der Waals surface area contributed by atoms with Gasteiger partial charge in [-0.25, -0.2) is 0 Å². The van der Waals surface area contributed by atoms with Crippen molar-refractivity contribution in [1.82, 2.24) is 0 Å². The van der Waals surface area contributed by atoms with Gasteiger partial charge in [0.25, 0.3) is 5.91 Å². The number of benzene rings is 2. The first kappa shape index (κ1) is 17.0. The molecule has 1 amide bonds. The van der Waals surface area contributed by atoms with Gasteiger partial charge in [0.05, 0.1) is 6.42 Å². The molecule has 120 valence electrons. The predicted octanol–water partition coefficient (Wildman–Crippen LogP) is 3.68. The first-order valence-corrected chi connectivity index (χ1v) is 7.59. The van der Waals surface area contributed by atoms with Gasteiger partial charge in [-0.1, -0.05) is 35.9 Å². The molecule has 0 saturated heterocycles. The van der Waals surface area contributed by atoms with Crippen LogP contribution >= 0.6 is 11.6 Å². The maximum atomic E-state index is 11.9. The number of rotatable bonds is 5. The molecule has 2 aromatic carbocycles. The van der Waals surface area contributed by atoms with Crippen molar-refractivity contribution < 1.29 is 14.3 Å². The van der Waals surface area contributed by atoms with Crippen LogP contribution in [0.3, 0.4) is 0 Å². The van der Waals surface area contributed by atoms with Crippen LogP contribution in [0.2, 0.25) is 5.02 Å². The molecule has 2 aromatic rings. The minimum atomic E-state index is -0.428. The Morgan fingerprint density at radius 3 is 2.52 bits per heavy atom. The van der Waals surface area contributed by atoms with Crippen LogP contribution in [0.25, 0.3) is 0 Å². The molecule has 0 unspecified atom stereocenters. The van der Waals surface area contributed by atoms with Gasteiger partial charge in [0.1, 0.15) is 0 Å². The summed E-state index contributed by atoms with van der Waals surface area (Å²) in [5, 5.41) is 3.30. The Hall–Kier alpha value is -2.33. The molecular formula is C18H18ClNO3. The average molecular weight is 332 g/mol. The van der Waals surface area contributed by atoms with Crippen LogP contribution in [0, 0.1) is 13.8 Å². The number of aryl methyl sites for hydroxylation is 2. The molecule has 4 nitrogen and oxygen atoms in total. The summed E-state index contributed by atoms with van der Waals surface area (Å²) >= 11 is 5.86. The van der Waals surface area contributed by atoms with Crippen molar-refractivity contribution in [3.63, 3.8) is 0 Å². The quantitative estimate of drug-likeness (QED) is 0.850. The molecule has 0 spiro atoms. The maximum absolute atomic E-state index is 11.9. The highest BCUT2D eigenvalue weighted by molar-refractivity contribution is 6.30. The lowest BCUT2D eigenvalue weighted by Crippen LogP contribution is -2.22. The summed E-state index contributed by atoms with van der Waals surface area (Å²) in [4.78, 5) is 23.7. The van der Waals surface area contributed by atoms with Crippen LogP contribution in [0.4, 0.5) is 5.69 Å². The normalized spacial score (nSPS) is 10.2. The largest absolute Gasteiger partial charge is 0.455 e. The molecule has 5 heteroatoms. The summed E-state index contributed by atoms with van der Waals surface area (Å²) in [6.07, 6.45) is 0.153. The van der Waals surface area contributed by atoms with Gasteiger partial charge >= 0.3 is 5.97 Å². The van der Waals surface area contributed by atoms with Crippen LogP contribution in [-0.2, 0) is 20.7 Å². The van der Waals surface area contributed by atoms with E-state index in [0.29, 0.717) is 10.7 Å². The number of halogens is 1. The summed E-state index contributed by atoms with van der Waals surface area (Å²) in [6.45, 7) is 3.46. The number of ether oxygens (including phenoxy) is 1. The second-order valence-corrected chi connectivity index (χ2v) is 5.71. The lowest BCUT2D eigenvalue weighted by atomic mass is 10.1. The van der Waals surface area contributed by atoms with Gasteiger partial charge in [0.15, 0.2) is 6.61 Å². The molecule has 0 fully saturated rings. The molecule has 0 atom stereocenters. The van der Waals surface area contributed by atoms with E-state index >= 15 is 0 Å². The Morgan fingerprint density at radius 1 is 1.09 bits per heavy atom. The highest BCUT2D eigenvalue weighted by Crippen LogP contribution is 2.19. The zero-order valence-corrected chi connectivity index (χ0v) is 13.8. The van der Waals surface area contributed by atoms with Crippen LogP contribution in [0.5, 0.6) is 0 Å². The summed E-state index contributed by atoms with van der Waals surface area (Å²) in [5.74, 6) is -0.809. The van der Waals surface area contributed by atoms with Crippen LogP contribution in [0.15, 0.2) is 42.5 Å². The van der Waals surface area contributed by atoms with E-state index in [1.165, 1.54) is 0 Å². The number of hydrogen-bond donors (Lipinski definition) is 1. The fourth-order valence-corrected chi connectivity index (χ4v) is 2.34. The Balaban J connectivity index is 1.84. The second-order valence-electron chi connectivity index (χ2n) is 5.27. The van der Waals surface area contributed by atoms with E-state index in [2.05, 4.69) is 5.32 Å². The van der Waals surface area contributed by atoms with Gasteiger partial charge in [-0.3, -0.25) is 9.59 Å². The fraction of sp³-hybridized carbons (Fsp3) is 0.222. The van der Waals surface area contributed by atoms with Gasteiger partial charge in [0, 0.05) is 10.7 Å². The topological polar surface area (TPSA) is 55.4 Å². The number of anilines is 1. The van der Waals surface area contributed by atoms with E-state index in [0.717, 1.165) is 16.7 Å². The molecule has 0 aliphatic rings. The fourth-order valence-electron chi connectivity index (χ4n) is 2.11. The molecule has 0 bridgehead atoms. The van der Waals surface area contributed by atoms with E-state index in [1.807, 2.05) is 38.1 Å². The minimum absolute atomic E-state index is 0.153. The third-order valence-electron chi connectivity index (χ3n) is 3.42. The molecule has 0 radical (unpaired) electrons. The highest BCUT2D eigenvalue weighted by atomic mass is 35.5. The number of hydrogen-bond acceptors (Lipinski definition) is 3. The molecule has 23 heavy (non-hydrogen) atoms. The first-order valence-electron chi connectivity index (χ1n) is 7.22. The third-order valence-corrected chi connectivity index (χ3v) is 3.66. The van der Waals surface area contributed by atoms with Crippen molar-refractivity contribution in [2.45, 2.75) is 20.3 Å². The molecular weight excluding hydrogens is 314 g/mol. The number of amides is 1. The summed E-state index contributed by atoms with van der Waals surface area (Å²) in [5.41, 5.74) is 3.41. The third kappa shape index (κ3) is 5.11. The SMILES string of the molecule is Cc1ccccc1CC(=O)OCC(=O)Nc1ccc(Cl)cc1C. The zero-order valence-electron chi connectivity index (χ0n) is 13.1. The standard InChI is InChI=1S/C18H18ClNO3/c1-12-5-3-4-6-14(12)10-18(22)23-11-17(21)20-16-8-7-15(19)9-13(16)2/h3-9H,10-11H2,1-2H3,(H,20,21). The first-order chi connectivity index (χ1) is 11.0. The van der Waals surface area contributed by atoms with E-state index in [4.69, 9.17) is 16.3 Å².